The Balaban J connectivity index is 1.65. The van der Waals surface area contributed by atoms with Gasteiger partial charge in [0.1, 0.15) is 0 Å². The summed E-state index contributed by atoms with van der Waals surface area (Å²) in [5.41, 5.74) is 1.28. The molecule has 0 N–H and O–H groups in total. The molecule has 1 aromatic heterocycles. The van der Waals surface area contributed by atoms with E-state index in [-0.39, 0.29) is 18.4 Å². The van der Waals surface area contributed by atoms with E-state index in [1.807, 2.05) is 30.3 Å². The van der Waals surface area contributed by atoms with Crippen LogP contribution >= 0.6 is 0 Å². The Bertz CT molecular complexity index is 710. The zero-order valence-electron chi connectivity index (χ0n) is 13.7. The fraction of sp³-hybridized carbons (Fsp3) is 0.333. The number of amides is 2. The van der Waals surface area contributed by atoms with Crippen molar-refractivity contribution >= 4 is 11.8 Å². The average molecular weight is 324 g/mol. The smallest absolute Gasteiger partial charge is 0.257 e. The number of likely N-dealkylation sites (N-methyl/N-ethyl adjacent to an activating group) is 1. The van der Waals surface area contributed by atoms with E-state index in [2.05, 4.69) is 9.97 Å². The molecule has 2 amide bonds. The van der Waals surface area contributed by atoms with Crippen molar-refractivity contribution in [2.24, 2.45) is 0 Å². The van der Waals surface area contributed by atoms with E-state index >= 15 is 0 Å². The van der Waals surface area contributed by atoms with Crippen LogP contribution < -0.4 is 0 Å². The molecular weight excluding hydrogens is 304 g/mol. The Labute approximate surface area is 141 Å². The number of hydrogen-bond acceptors (Lipinski definition) is 4. The minimum atomic E-state index is -0.248. The quantitative estimate of drug-likeness (QED) is 0.861. The Hall–Kier alpha value is -2.76. The topological polar surface area (TPSA) is 66.4 Å². The van der Waals surface area contributed by atoms with Crippen molar-refractivity contribution in [1.29, 1.82) is 0 Å². The molecule has 0 spiro atoms. The van der Waals surface area contributed by atoms with E-state index in [0.717, 1.165) is 31.5 Å². The van der Waals surface area contributed by atoms with Crippen LogP contribution in [-0.4, -0.2) is 58.3 Å². The monoisotopic (exact) mass is 324 g/mol. The van der Waals surface area contributed by atoms with Crippen molar-refractivity contribution in [2.45, 2.75) is 12.8 Å². The van der Waals surface area contributed by atoms with Gasteiger partial charge in [-0.05, 0) is 12.8 Å². The molecule has 6 nitrogen and oxygen atoms in total. The van der Waals surface area contributed by atoms with Crippen molar-refractivity contribution in [3.8, 4) is 11.4 Å². The number of carbonyl (C=O) groups excluding carboxylic acids is 2. The number of aromatic nitrogens is 2. The van der Waals surface area contributed by atoms with E-state index in [9.17, 15) is 9.59 Å². The predicted molar refractivity (Wildman–Crippen MR) is 90.2 cm³/mol. The van der Waals surface area contributed by atoms with Gasteiger partial charge in [0.2, 0.25) is 5.91 Å². The van der Waals surface area contributed by atoms with Crippen LogP contribution in [0.5, 0.6) is 0 Å². The molecule has 124 valence electrons. The first-order chi connectivity index (χ1) is 11.6. The zero-order valence-corrected chi connectivity index (χ0v) is 13.7. The van der Waals surface area contributed by atoms with Gasteiger partial charge in [-0.2, -0.15) is 0 Å². The Kier molecular flexibility index (Phi) is 4.84. The summed E-state index contributed by atoms with van der Waals surface area (Å²) >= 11 is 0. The minimum Gasteiger partial charge on any atom is -0.341 e. The molecule has 0 bridgehead atoms. The number of benzene rings is 1. The minimum absolute atomic E-state index is 0.00910. The fourth-order valence-electron chi connectivity index (χ4n) is 2.74. The van der Waals surface area contributed by atoms with Crippen LogP contribution in [0, 0.1) is 0 Å². The van der Waals surface area contributed by atoms with Crippen molar-refractivity contribution in [3.05, 3.63) is 48.3 Å². The number of rotatable bonds is 4. The van der Waals surface area contributed by atoms with Crippen molar-refractivity contribution in [2.75, 3.05) is 26.7 Å². The molecule has 3 rings (SSSR count). The second-order valence-corrected chi connectivity index (χ2v) is 5.91. The highest BCUT2D eigenvalue weighted by molar-refractivity contribution is 5.96. The first-order valence-corrected chi connectivity index (χ1v) is 8.06. The number of carbonyl (C=O) groups is 2. The largest absolute Gasteiger partial charge is 0.341 e. The average Bonchev–Trinajstić information content (AvgIpc) is 3.17. The van der Waals surface area contributed by atoms with Crippen LogP contribution in [-0.2, 0) is 4.79 Å². The van der Waals surface area contributed by atoms with Gasteiger partial charge in [0, 0.05) is 38.1 Å². The molecule has 1 aromatic carbocycles. The zero-order chi connectivity index (χ0) is 16.9. The molecular formula is C18H20N4O2. The SMILES string of the molecule is CN(CC(=O)N1CCCC1)C(=O)c1cnc(-c2ccccc2)nc1. The summed E-state index contributed by atoms with van der Waals surface area (Å²) in [4.78, 5) is 36.3. The van der Waals surface area contributed by atoms with E-state index < -0.39 is 0 Å². The van der Waals surface area contributed by atoms with Crippen molar-refractivity contribution < 1.29 is 9.59 Å². The first-order valence-electron chi connectivity index (χ1n) is 8.06. The normalized spacial score (nSPS) is 13.8. The lowest BCUT2D eigenvalue weighted by Gasteiger charge is -2.21. The number of likely N-dealkylation sites (tertiary alicyclic amines) is 1. The lowest BCUT2D eigenvalue weighted by Crippen LogP contribution is -2.39. The third-order valence-electron chi connectivity index (χ3n) is 4.11. The van der Waals surface area contributed by atoms with Crippen molar-refractivity contribution in [1.82, 2.24) is 19.8 Å². The maximum Gasteiger partial charge on any atom is 0.257 e. The number of nitrogens with zero attached hydrogens (tertiary/aromatic N) is 4. The third kappa shape index (κ3) is 3.59. The fourth-order valence-corrected chi connectivity index (χ4v) is 2.74. The highest BCUT2D eigenvalue weighted by atomic mass is 16.2. The molecule has 24 heavy (non-hydrogen) atoms. The third-order valence-corrected chi connectivity index (χ3v) is 4.11. The van der Waals surface area contributed by atoms with Crippen LogP contribution in [0.3, 0.4) is 0 Å². The summed E-state index contributed by atoms with van der Waals surface area (Å²) in [6.07, 6.45) is 5.10. The lowest BCUT2D eigenvalue weighted by atomic mass is 10.2. The van der Waals surface area contributed by atoms with Crippen LogP contribution in [0.4, 0.5) is 0 Å². The van der Waals surface area contributed by atoms with Crippen LogP contribution in [0.1, 0.15) is 23.2 Å². The molecule has 1 aliphatic rings. The summed E-state index contributed by atoms with van der Waals surface area (Å²) in [5.74, 6) is 0.315. The molecule has 1 fully saturated rings. The highest BCUT2D eigenvalue weighted by Gasteiger charge is 2.22. The summed E-state index contributed by atoms with van der Waals surface area (Å²) in [6.45, 7) is 1.66. The van der Waals surface area contributed by atoms with E-state index in [0.29, 0.717) is 11.4 Å². The lowest BCUT2D eigenvalue weighted by molar-refractivity contribution is -0.130. The molecule has 0 atom stereocenters. The summed E-state index contributed by atoms with van der Waals surface area (Å²) in [5, 5.41) is 0. The molecule has 1 saturated heterocycles. The second-order valence-electron chi connectivity index (χ2n) is 5.91. The Morgan fingerprint density at radius 1 is 1.08 bits per heavy atom. The van der Waals surface area contributed by atoms with Gasteiger partial charge in [0.25, 0.3) is 5.91 Å². The molecule has 1 aliphatic heterocycles. The Morgan fingerprint density at radius 3 is 2.33 bits per heavy atom. The summed E-state index contributed by atoms with van der Waals surface area (Å²) in [7, 11) is 1.63. The van der Waals surface area contributed by atoms with Crippen LogP contribution in [0.25, 0.3) is 11.4 Å². The van der Waals surface area contributed by atoms with Crippen molar-refractivity contribution in [3.63, 3.8) is 0 Å². The van der Waals surface area contributed by atoms with E-state index in [4.69, 9.17) is 0 Å². The molecule has 2 aromatic rings. The second kappa shape index (κ2) is 7.21. The Morgan fingerprint density at radius 2 is 1.71 bits per heavy atom. The molecule has 0 radical (unpaired) electrons. The van der Waals surface area contributed by atoms with Gasteiger partial charge in [-0.1, -0.05) is 30.3 Å². The van der Waals surface area contributed by atoms with Gasteiger partial charge in [0.15, 0.2) is 5.82 Å². The van der Waals surface area contributed by atoms with Gasteiger partial charge in [-0.3, -0.25) is 9.59 Å². The molecule has 0 saturated carbocycles. The molecule has 0 unspecified atom stereocenters. The van der Waals surface area contributed by atoms with Crippen LogP contribution in [0.2, 0.25) is 0 Å². The van der Waals surface area contributed by atoms with E-state index in [1.54, 1.807) is 11.9 Å². The maximum absolute atomic E-state index is 12.4. The van der Waals surface area contributed by atoms with Gasteiger partial charge in [-0.25, -0.2) is 9.97 Å². The summed E-state index contributed by atoms with van der Waals surface area (Å²) < 4.78 is 0. The maximum atomic E-state index is 12.4. The van der Waals surface area contributed by atoms with Gasteiger partial charge < -0.3 is 9.80 Å². The van der Waals surface area contributed by atoms with E-state index in [1.165, 1.54) is 17.3 Å². The molecule has 6 heteroatoms. The highest BCUT2D eigenvalue weighted by Crippen LogP contribution is 2.14. The summed E-state index contributed by atoms with van der Waals surface area (Å²) in [6, 6.07) is 9.58. The standard InChI is InChI=1S/C18H20N4O2/c1-21(13-16(23)22-9-5-6-10-22)18(24)15-11-19-17(20-12-15)14-7-3-2-4-8-14/h2-4,7-8,11-12H,5-6,9-10,13H2,1H3. The molecule has 0 aliphatic carbocycles. The van der Waals surface area contributed by atoms with Crippen LogP contribution in [0.15, 0.2) is 42.7 Å². The van der Waals surface area contributed by atoms with Gasteiger partial charge in [0.05, 0.1) is 12.1 Å². The number of hydrogen-bond donors (Lipinski definition) is 0. The van der Waals surface area contributed by atoms with Gasteiger partial charge >= 0.3 is 0 Å². The predicted octanol–water partition coefficient (Wildman–Crippen LogP) is 1.84. The molecule has 2 heterocycles. The first kappa shape index (κ1) is 16.1. The van der Waals surface area contributed by atoms with Gasteiger partial charge in [-0.15, -0.1) is 0 Å².